The summed E-state index contributed by atoms with van der Waals surface area (Å²) in [4.78, 5) is 3.38. The Labute approximate surface area is 115 Å². The van der Waals surface area contributed by atoms with Crippen LogP contribution in [-0.2, 0) is 10.0 Å². The molecule has 0 aliphatic heterocycles. The molecule has 1 aromatic heterocycles. The lowest BCUT2D eigenvalue weighted by atomic mass is 10.1. The minimum atomic E-state index is -4.00. The summed E-state index contributed by atoms with van der Waals surface area (Å²) < 4.78 is 52.6. The SMILES string of the molecule is C[C@@H](NS(=O)(=O)c1cc(F)cc(F)c1)c1ccncc1. The van der Waals surface area contributed by atoms with Crippen molar-refractivity contribution in [3.63, 3.8) is 0 Å². The van der Waals surface area contributed by atoms with Gasteiger partial charge in [-0.05, 0) is 36.8 Å². The molecule has 0 bridgehead atoms. The van der Waals surface area contributed by atoms with Crippen LogP contribution in [0, 0.1) is 11.6 Å². The molecule has 4 nitrogen and oxygen atoms in total. The fraction of sp³-hybridized carbons (Fsp3) is 0.154. The van der Waals surface area contributed by atoms with E-state index in [1.165, 1.54) is 12.4 Å². The molecule has 0 spiro atoms. The van der Waals surface area contributed by atoms with Crippen LogP contribution in [-0.4, -0.2) is 13.4 Å². The first-order valence-corrected chi connectivity index (χ1v) is 7.25. The number of halogens is 2. The molecule has 2 aromatic rings. The average Bonchev–Trinajstić information content (AvgIpc) is 2.38. The van der Waals surface area contributed by atoms with Gasteiger partial charge >= 0.3 is 0 Å². The molecule has 1 atom stereocenters. The Balaban J connectivity index is 2.27. The third-order valence-corrected chi connectivity index (χ3v) is 4.20. The standard InChI is InChI=1S/C13H12F2N2O2S/c1-9(10-2-4-16-5-3-10)17-20(18,19)13-7-11(14)6-12(15)8-13/h2-9,17H,1H3/t9-/m1/s1. The van der Waals surface area contributed by atoms with E-state index in [0.717, 1.165) is 12.1 Å². The number of benzene rings is 1. The second-order valence-corrected chi connectivity index (χ2v) is 5.94. The number of hydrogen-bond donors (Lipinski definition) is 1. The maximum atomic E-state index is 13.1. The van der Waals surface area contributed by atoms with Crippen molar-refractivity contribution in [2.45, 2.75) is 17.9 Å². The van der Waals surface area contributed by atoms with Crippen molar-refractivity contribution in [2.24, 2.45) is 0 Å². The zero-order valence-electron chi connectivity index (χ0n) is 10.5. The molecule has 106 valence electrons. The highest BCUT2D eigenvalue weighted by molar-refractivity contribution is 7.89. The summed E-state index contributed by atoms with van der Waals surface area (Å²) in [5, 5.41) is 0. The van der Waals surface area contributed by atoms with Crippen molar-refractivity contribution in [1.29, 1.82) is 0 Å². The average molecular weight is 298 g/mol. The molecule has 1 aromatic carbocycles. The van der Waals surface area contributed by atoms with Gasteiger partial charge in [0.05, 0.1) is 4.90 Å². The van der Waals surface area contributed by atoms with Gasteiger partial charge in [-0.1, -0.05) is 0 Å². The molecule has 7 heteroatoms. The third kappa shape index (κ3) is 3.37. The predicted octanol–water partition coefficient (Wildman–Crippen LogP) is 2.40. The number of pyridine rings is 1. The normalized spacial score (nSPS) is 13.2. The molecule has 1 heterocycles. The smallest absolute Gasteiger partial charge is 0.241 e. The van der Waals surface area contributed by atoms with Crippen molar-refractivity contribution >= 4 is 10.0 Å². The van der Waals surface area contributed by atoms with Crippen molar-refractivity contribution in [3.8, 4) is 0 Å². The first-order valence-electron chi connectivity index (χ1n) is 5.77. The molecular weight excluding hydrogens is 286 g/mol. The van der Waals surface area contributed by atoms with Crippen LogP contribution < -0.4 is 4.72 Å². The number of nitrogens with one attached hydrogen (secondary N) is 1. The van der Waals surface area contributed by atoms with Gasteiger partial charge in [-0.2, -0.15) is 0 Å². The molecule has 0 fully saturated rings. The molecule has 0 amide bonds. The van der Waals surface area contributed by atoms with Gasteiger partial charge in [0.25, 0.3) is 0 Å². The third-order valence-electron chi connectivity index (χ3n) is 2.68. The Hall–Kier alpha value is -1.86. The highest BCUT2D eigenvalue weighted by atomic mass is 32.2. The van der Waals surface area contributed by atoms with Crippen LogP contribution in [0.15, 0.2) is 47.6 Å². The summed E-state index contributed by atoms with van der Waals surface area (Å²) in [5.41, 5.74) is 0.695. The van der Waals surface area contributed by atoms with E-state index >= 15 is 0 Å². The zero-order chi connectivity index (χ0) is 14.8. The summed E-state index contributed by atoms with van der Waals surface area (Å²) in [6.45, 7) is 1.63. The number of rotatable bonds is 4. The van der Waals surface area contributed by atoms with Gasteiger partial charge in [-0.25, -0.2) is 21.9 Å². The summed E-state index contributed by atoms with van der Waals surface area (Å²) in [6, 6.07) is 4.91. The van der Waals surface area contributed by atoms with Gasteiger partial charge in [-0.3, -0.25) is 4.98 Å². The molecule has 0 unspecified atom stereocenters. The number of nitrogens with zero attached hydrogens (tertiary/aromatic N) is 1. The van der Waals surface area contributed by atoms with E-state index in [0.29, 0.717) is 11.6 Å². The Morgan fingerprint density at radius 3 is 2.20 bits per heavy atom. The number of hydrogen-bond acceptors (Lipinski definition) is 3. The highest BCUT2D eigenvalue weighted by Crippen LogP contribution is 2.18. The highest BCUT2D eigenvalue weighted by Gasteiger charge is 2.19. The second kappa shape index (κ2) is 5.64. The van der Waals surface area contributed by atoms with E-state index < -0.39 is 32.6 Å². The van der Waals surface area contributed by atoms with Crippen LogP contribution in [0.1, 0.15) is 18.5 Å². The minimum Gasteiger partial charge on any atom is -0.265 e. The van der Waals surface area contributed by atoms with Gasteiger partial charge in [0.1, 0.15) is 11.6 Å². The lowest BCUT2D eigenvalue weighted by Crippen LogP contribution is -2.27. The molecule has 20 heavy (non-hydrogen) atoms. The quantitative estimate of drug-likeness (QED) is 0.943. The molecule has 0 aliphatic rings. The van der Waals surface area contributed by atoms with Gasteiger partial charge in [0, 0.05) is 24.5 Å². The molecule has 0 aliphatic carbocycles. The van der Waals surface area contributed by atoms with Crippen LogP contribution in [0.4, 0.5) is 8.78 Å². The molecule has 1 N–H and O–H groups in total. The number of sulfonamides is 1. The van der Waals surface area contributed by atoms with E-state index in [1.807, 2.05) is 0 Å². The Morgan fingerprint density at radius 1 is 1.10 bits per heavy atom. The first-order chi connectivity index (χ1) is 9.38. The minimum absolute atomic E-state index is 0.448. The second-order valence-electron chi connectivity index (χ2n) is 4.23. The molecule has 2 rings (SSSR count). The van der Waals surface area contributed by atoms with Crippen molar-refractivity contribution < 1.29 is 17.2 Å². The zero-order valence-corrected chi connectivity index (χ0v) is 11.4. The van der Waals surface area contributed by atoms with E-state index in [2.05, 4.69) is 9.71 Å². The first kappa shape index (κ1) is 14.5. The van der Waals surface area contributed by atoms with Crippen molar-refractivity contribution in [1.82, 2.24) is 9.71 Å². The summed E-state index contributed by atoms with van der Waals surface area (Å²) in [6.07, 6.45) is 3.06. The van der Waals surface area contributed by atoms with Crippen LogP contribution >= 0.6 is 0 Å². The van der Waals surface area contributed by atoms with Crippen LogP contribution in [0.3, 0.4) is 0 Å². The fourth-order valence-corrected chi connectivity index (χ4v) is 2.98. The van der Waals surface area contributed by atoms with E-state index in [1.54, 1.807) is 19.1 Å². The van der Waals surface area contributed by atoms with Gasteiger partial charge < -0.3 is 0 Å². The molecular formula is C13H12F2N2O2S. The summed E-state index contributed by atoms with van der Waals surface area (Å²) in [7, 11) is -4.00. The van der Waals surface area contributed by atoms with Gasteiger partial charge in [-0.15, -0.1) is 0 Å². The van der Waals surface area contributed by atoms with Gasteiger partial charge in [0.15, 0.2) is 0 Å². The maximum Gasteiger partial charge on any atom is 0.241 e. The fourth-order valence-electron chi connectivity index (χ4n) is 1.70. The lowest BCUT2D eigenvalue weighted by Gasteiger charge is -2.14. The molecule has 0 saturated carbocycles. The number of aromatic nitrogens is 1. The molecule has 0 radical (unpaired) electrons. The lowest BCUT2D eigenvalue weighted by molar-refractivity contribution is 0.553. The Morgan fingerprint density at radius 2 is 1.65 bits per heavy atom. The largest absolute Gasteiger partial charge is 0.265 e. The summed E-state index contributed by atoms with van der Waals surface area (Å²) in [5.74, 6) is -1.89. The predicted molar refractivity (Wildman–Crippen MR) is 69.3 cm³/mol. The topological polar surface area (TPSA) is 59.1 Å². The van der Waals surface area contributed by atoms with Crippen LogP contribution in [0.2, 0.25) is 0 Å². The van der Waals surface area contributed by atoms with Crippen LogP contribution in [0.25, 0.3) is 0 Å². The maximum absolute atomic E-state index is 13.1. The Kier molecular flexibility index (Phi) is 4.10. The Bertz CT molecular complexity index is 685. The van der Waals surface area contributed by atoms with E-state index in [-0.39, 0.29) is 0 Å². The van der Waals surface area contributed by atoms with Gasteiger partial charge in [0.2, 0.25) is 10.0 Å². The van der Waals surface area contributed by atoms with E-state index in [9.17, 15) is 17.2 Å². The van der Waals surface area contributed by atoms with E-state index in [4.69, 9.17) is 0 Å². The van der Waals surface area contributed by atoms with Crippen molar-refractivity contribution in [2.75, 3.05) is 0 Å². The van der Waals surface area contributed by atoms with Crippen molar-refractivity contribution in [3.05, 3.63) is 59.9 Å². The monoisotopic (exact) mass is 298 g/mol. The van der Waals surface area contributed by atoms with Crippen LogP contribution in [0.5, 0.6) is 0 Å². The molecule has 0 saturated heterocycles. The summed E-state index contributed by atoms with van der Waals surface area (Å²) >= 11 is 0.